The smallest absolute Gasteiger partial charge is 0.334 e. The molecule has 0 unspecified atom stereocenters. The van der Waals surface area contributed by atoms with Gasteiger partial charge in [0.15, 0.2) is 11.4 Å². The first-order valence-corrected chi connectivity index (χ1v) is 7.52. The molecule has 2 rings (SSSR count). The van der Waals surface area contributed by atoms with Crippen molar-refractivity contribution in [2.45, 2.75) is 26.2 Å². The molecule has 0 aliphatic carbocycles. The molecule has 0 saturated heterocycles. The van der Waals surface area contributed by atoms with Crippen molar-refractivity contribution >= 4 is 21.8 Å². The quantitative estimate of drug-likeness (QED) is 0.802. The van der Waals surface area contributed by atoms with E-state index in [4.69, 9.17) is 0 Å². The number of hydrogen-bond donors (Lipinski definition) is 0. The Bertz CT molecular complexity index is 722. The highest BCUT2D eigenvalue weighted by Crippen LogP contribution is 2.36. The highest BCUT2D eigenvalue weighted by atomic mass is 79.9. The second-order valence-corrected chi connectivity index (χ2v) is 5.73. The fourth-order valence-electron chi connectivity index (χ4n) is 2.22. The van der Waals surface area contributed by atoms with Crippen LogP contribution in [0.2, 0.25) is 0 Å². The third-order valence-corrected chi connectivity index (χ3v) is 4.06. The first-order valence-electron chi connectivity index (χ1n) is 6.72. The van der Waals surface area contributed by atoms with Crippen molar-refractivity contribution in [1.82, 2.24) is 24.5 Å². The third-order valence-electron chi connectivity index (χ3n) is 3.31. The van der Waals surface area contributed by atoms with Gasteiger partial charge in [0.05, 0.1) is 16.7 Å². The van der Waals surface area contributed by atoms with Gasteiger partial charge in [0.2, 0.25) is 0 Å². The molecule has 0 atom stereocenters. The maximum absolute atomic E-state index is 13.0. The highest BCUT2D eigenvalue weighted by molar-refractivity contribution is 9.10. The highest BCUT2D eigenvalue weighted by Gasteiger charge is 2.40. The van der Waals surface area contributed by atoms with E-state index in [1.807, 2.05) is 6.92 Å². The van der Waals surface area contributed by atoms with Gasteiger partial charge >= 0.3 is 6.18 Å². The van der Waals surface area contributed by atoms with E-state index < -0.39 is 17.8 Å². The second-order valence-electron chi connectivity index (χ2n) is 4.93. The summed E-state index contributed by atoms with van der Waals surface area (Å²) in [7, 11) is 2.65. The lowest BCUT2D eigenvalue weighted by Gasteiger charge is -2.16. The normalized spacial score (nSPS) is 11.8. The molecular formula is C13H15BrF3N5O. The number of carbonyl (C=O) groups excluding carboxylic acids is 1. The molecule has 126 valence electrons. The molecule has 2 aromatic rings. The summed E-state index contributed by atoms with van der Waals surface area (Å²) in [5.41, 5.74) is -0.482. The first kappa shape index (κ1) is 17.5. The van der Waals surface area contributed by atoms with Gasteiger partial charge in [0, 0.05) is 26.8 Å². The molecule has 0 fully saturated rings. The Kier molecular flexibility index (Phi) is 4.83. The zero-order valence-corrected chi connectivity index (χ0v) is 14.3. The minimum atomic E-state index is -4.60. The molecule has 2 heterocycles. The van der Waals surface area contributed by atoms with Gasteiger partial charge in [0.25, 0.3) is 5.91 Å². The largest absolute Gasteiger partial charge is 0.434 e. The minimum absolute atomic E-state index is 0.219. The molecule has 0 radical (unpaired) electrons. The van der Waals surface area contributed by atoms with E-state index in [1.54, 1.807) is 16.9 Å². The molecule has 0 aromatic carbocycles. The van der Waals surface area contributed by atoms with Crippen molar-refractivity contribution in [3.63, 3.8) is 0 Å². The molecule has 1 amide bonds. The van der Waals surface area contributed by atoms with Crippen LogP contribution >= 0.6 is 15.9 Å². The van der Waals surface area contributed by atoms with Crippen LogP contribution in [0.15, 0.2) is 16.7 Å². The Morgan fingerprint density at radius 1 is 1.43 bits per heavy atom. The monoisotopic (exact) mass is 393 g/mol. The van der Waals surface area contributed by atoms with Gasteiger partial charge in [-0.3, -0.25) is 14.2 Å². The van der Waals surface area contributed by atoms with Crippen molar-refractivity contribution in [1.29, 1.82) is 0 Å². The van der Waals surface area contributed by atoms with Crippen molar-refractivity contribution in [3.8, 4) is 0 Å². The van der Waals surface area contributed by atoms with Gasteiger partial charge < -0.3 is 4.90 Å². The van der Waals surface area contributed by atoms with Crippen molar-refractivity contribution in [2.75, 3.05) is 7.05 Å². The average Bonchev–Trinajstić information content (AvgIpc) is 3.01. The summed E-state index contributed by atoms with van der Waals surface area (Å²) in [5.74, 6) is -0.605. The Morgan fingerprint density at radius 2 is 2.09 bits per heavy atom. The van der Waals surface area contributed by atoms with E-state index in [0.717, 1.165) is 12.7 Å². The standard InChI is InChI=1S/C13H15BrF3N5O/c1-4-22-8(5-6-18-22)7-20(2)12(23)10-9(14)11(13(15,16)17)21(3)19-10/h5-6H,4,7H2,1-3H3. The van der Waals surface area contributed by atoms with E-state index in [1.165, 1.54) is 11.9 Å². The zero-order chi connectivity index (χ0) is 17.4. The molecule has 6 nitrogen and oxygen atoms in total. The summed E-state index contributed by atoms with van der Waals surface area (Å²) >= 11 is 2.84. The van der Waals surface area contributed by atoms with Crippen LogP contribution in [0.5, 0.6) is 0 Å². The van der Waals surface area contributed by atoms with Crippen LogP contribution in [0.25, 0.3) is 0 Å². The van der Waals surface area contributed by atoms with Crippen molar-refractivity contribution in [3.05, 3.63) is 33.8 Å². The maximum Gasteiger partial charge on any atom is 0.434 e. The molecule has 23 heavy (non-hydrogen) atoms. The summed E-state index contributed by atoms with van der Waals surface area (Å²) < 4.78 is 40.9. The fraction of sp³-hybridized carbons (Fsp3) is 0.462. The van der Waals surface area contributed by atoms with Gasteiger partial charge in [-0.1, -0.05) is 0 Å². The van der Waals surface area contributed by atoms with Crippen LogP contribution in [0.3, 0.4) is 0 Å². The number of aromatic nitrogens is 4. The molecule has 0 aliphatic heterocycles. The number of halogens is 4. The summed E-state index contributed by atoms with van der Waals surface area (Å²) in [6.45, 7) is 2.76. The zero-order valence-electron chi connectivity index (χ0n) is 12.7. The summed E-state index contributed by atoms with van der Waals surface area (Å²) in [6, 6.07) is 1.75. The van der Waals surface area contributed by atoms with Crippen molar-refractivity contribution < 1.29 is 18.0 Å². The molecule has 0 N–H and O–H groups in total. The molecule has 2 aromatic heterocycles. The predicted octanol–water partition coefficient (Wildman–Crippen LogP) is 2.69. The number of rotatable bonds is 4. The Morgan fingerprint density at radius 3 is 2.61 bits per heavy atom. The third kappa shape index (κ3) is 3.41. The lowest BCUT2D eigenvalue weighted by atomic mass is 10.3. The molecule has 0 aliphatic rings. The molecule has 0 spiro atoms. The first-order chi connectivity index (χ1) is 10.7. The lowest BCUT2D eigenvalue weighted by molar-refractivity contribution is -0.144. The van der Waals surface area contributed by atoms with E-state index in [9.17, 15) is 18.0 Å². The number of alkyl halides is 3. The Balaban J connectivity index is 2.27. The van der Waals surface area contributed by atoms with Gasteiger partial charge in [-0.05, 0) is 28.9 Å². The summed E-state index contributed by atoms with van der Waals surface area (Å²) in [5, 5.41) is 7.79. The molecule has 0 saturated carbocycles. The number of nitrogens with zero attached hydrogens (tertiary/aromatic N) is 5. The number of hydrogen-bond acceptors (Lipinski definition) is 3. The van der Waals surface area contributed by atoms with Gasteiger partial charge in [-0.15, -0.1) is 0 Å². The van der Waals surface area contributed by atoms with Gasteiger partial charge in [0.1, 0.15) is 0 Å². The van der Waals surface area contributed by atoms with E-state index >= 15 is 0 Å². The van der Waals surface area contributed by atoms with E-state index in [0.29, 0.717) is 11.2 Å². The second kappa shape index (κ2) is 6.34. The molecule has 0 bridgehead atoms. The fourth-order valence-corrected chi connectivity index (χ4v) is 2.95. The molecular weight excluding hydrogens is 379 g/mol. The van der Waals surface area contributed by atoms with Crippen LogP contribution in [-0.4, -0.2) is 37.4 Å². The van der Waals surface area contributed by atoms with Crippen LogP contribution in [0.4, 0.5) is 13.2 Å². The van der Waals surface area contributed by atoms with Crippen LogP contribution in [0.1, 0.15) is 28.8 Å². The summed E-state index contributed by atoms with van der Waals surface area (Å²) in [6.07, 6.45) is -2.99. The van der Waals surface area contributed by atoms with E-state index in [2.05, 4.69) is 26.1 Å². The van der Waals surface area contributed by atoms with Crippen LogP contribution in [-0.2, 0) is 26.3 Å². The van der Waals surface area contributed by atoms with Crippen LogP contribution < -0.4 is 0 Å². The minimum Gasteiger partial charge on any atom is -0.334 e. The summed E-state index contributed by atoms with van der Waals surface area (Å²) in [4.78, 5) is 13.7. The van der Waals surface area contributed by atoms with Crippen molar-refractivity contribution in [2.24, 2.45) is 7.05 Å². The predicted molar refractivity (Wildman–Crippen MR) is 79.6 cm³/mol. The van der Waals surface area contributed by atoms with Gasteiger partial charge in [-0.25, -0.2) is 0 Å². The maximum atomic E-state index is 13.0. The Hall–Kier alpha value is -1.84. The SMILES string of the molecule is CCn1nccc1CN(C)C(=O)c1nn(C)c(C(F)(F)F)c1Br. The van der Waals surface area contributed by atoms with Gasteiger partial charge in [-0.2, -0.15) is 23.4 Å². The number of carbonyl (C=O) groups is 1. The Labute approximate surface area is 139 Å². The molecule has 10 heteroatoms. The topological polar surface area (TPSA) is 56.0 Å². The number of amides is 1. The number of aryl methyl sites for hydroxylation is 2. The average molecular weight is 394 g/mol. The van der Waals surface area contributed by atoms with Crippen LogP contribution in [0, 0.1) is 0 Å². The lowest BCUT2D eigenvalue weighted by Crippen LogP contribution is -2.28. The van der Waals surface area contributed by atoms with E-state index in [-0.39, 0.29) is 16.7 Å².